The molecule has 0 radical (unpaired) electrons. The van der Waals surface area contributed by atoms with E-state index in [2.05, 4.69) is 10.3 Å². The van der Waals surface area contributed by atoms with Crippen LogP contribution in [0, 0.1) is 5.82 Å². The minimum absolute atomic E-state index is 0.0242. The topological polar surface area (TPSA) is 60.5 Å². The van der Waals surface area contributed by atoms with Gasteiger partial charge in [0.05, 0.1) is 23.8 Å². The van der Waals surface area contributed by atoms with Crippen LogP contribution in [0.1, 0.15) is 22.3 Å². The molecule has 1 N–H and O–H groups in total. The second-order valence-electron chi connectivity index (χ2n) is 7.25. The second-order valence-corrected chi connectivity index (χ2v) is 7.25. The van der Waals surface area contributed by atoms with Crippen LogP contribution in [0.5, 0.6) is 11.6 Å². The van der Waals surface area contributed by atoms with E-state index in [1.54, 1.807) is 6.07 Å². The number of carbonyl (C=O) groups excluding carboxylic acids is 1. The lowest BCUT2D eigenvalue weighted by Gasteiger charge is -2.14. The second kappa shape index (κ2) is 8.96. The highest BCUT2D eigenvalue weighted by Gasteiger charge is 2.30. The van der Waals surface area contributed by atoms with E-state index in [-0.39, 0.29) is 29.1 Å². The number of pyridine rings is 1. The van der Waals surface area contributed by atoms with E-state index in [0.29, 0.717) is 30.8 Å². The fourth-order valence-electron chi connectivity index (χ4n) is 3.26. The third kappa shape index (κ3) is 5.05. The summed E-state index contributed by atoms with van der Waals surface area (Å²) in [5.41, 5.74) is 0.139. The van der Waals surface area contributed by atoms with E-state index >= 15 is 0 Å². The number of amides is 1. The van der Waals surface area contributed by atoms with Crippen LogP contribution in [-0.4, -0.2) is 30.1 Å². The molecular formula is C23H18F4N2O3. The lowest BCUT2D eigenvalue weighted by atomic mass is 10.0. The summed E-state index contributed by atoms with van der Waals surface area (Å²) in [6.07, 6.45) is -2.47. The van der Waals surface area contributed by atoms with E-state index in [9.17, 15) is 22.4 Å². The van der Waals surface area contributed by atoms with Crippen molar-refractivity contribution in [2.45, 2.75) is 18.6 Å². The Labute approximate surface area is 181 Å². The van der Waals surface area contributed by atoms with Crippen LogP contribution >= 0.6 is 0 Å². The maximum Gasteiger partial charge on any atom is 0.416 e. The standard InChI is InChI=1S/C23H18F4N2O3/c24-17-3-1-2-14(10-17)20-11-15(21(30)29-18-8-9-31-13-18)12-28-22(20)32-19-6-4-16(5-7-19)23(25,26)27/h1-7,10-12,18H,8-9,13H2,(H,29,30)/t18-/m1/s1. The van der Waals surface area contributed by atoms with Gasteiger partial charge in [-0.25, -0.2) is 9.37 Å². The zero-order chi connectivity index (χ0) is 22.7. The smallest absolute Gasteiger partial charge is 0.416 e. The van der Waals surface area contributed by atoms with Gasteiger partial charge in [-0.2, -0.15) is 13.2 Å². The van der Waals surface area contributed by atoms with Crippen LogP contribution in [0.2, 0.25) is 0 Å². The maximum atomic E-state index is 13.8. The van der Waals surface area contributed by atoms with Crippen LogP contribution in [0.25, 0.3) is 11.1 Å². The average molecular weight is 446 g/mol. The predicted molar refractivity (Wildman–Crippen MR) is 108 cm³/mol. The Kier molecular flexibility index (Phi) is 6.09. The first kappa shape index (κ1) is 21.8. The highest BCUT2D eigenvalue weighted by Crippen LogP contribution is 2.35. The molecule has 2 aromatic carbocycles. The van der Waals surface area contributed by atoms with E-state index in [0.717, 1.165) is 12.1 Å². The van der Waals surface area contributed by atoms with Crippen molar-refractivity contribution in [3.8, 4) is 22.8 Å². The molecule has 0 saturated carbocycles. The molecule has 3 aromatic rings. The summed E-state index contributed by atoms with van der Waals surface area (Å²) in [5, 5.41) is 2.85. The number of halogens is 4. The molecule has 1 aliphatic heterocycles. The Bertz CT molecular complexity index is 1110. The van der Waals surface area contributed by atoms with Gasteiger partial charge in [0.2, 0.25) is 5.88 Å². The highest BCUT2D eigenvalue weighted by atomic mass is 19.4. The van der Waals surface area contributed by atoms with Crippen molar-refractivity contribution >= 4 is 5.91 Å². The van der Waals surface area contributed by atoms with Gasteiger partial charge in [-0.3, -0.25) is 4.79 Å². The van der Waals surface area contributed by atoms with Crippen molar-refractivity contribution in [1.82, 2.24) is 10.3 Å². The Morgan fingerprint density at radius 3 is 2.56 bits per heavy atom. The van der Waals surface area contributed by atoms with Gasteiger partial charge in [-0.05, 0) is 54.4 Å². The molecule has 1 aliphatic rings. The molecule has 32 heavy (non-hydrogen) atoms. The van der Waals surface area contributed by atoms with Gasteiger partial charge < -0.3 is 14.8 Å². The van der Waals surface area contributed by atoms with Gasteiger partial charge in [0.25, 0.3) is 5.91 Å². The van der Waals surface area contributed by atoms with Crippen LogP contribution < -0.4 is 10.1 Å². The number of benzene rings is 2. The molecule has 1 aromatic heterocycles. The van der Waals surface area contributed by atoms with Crippen molar-refractivity contribution in [2.75, 3.05) is 13.2 Å². The lowest BCUT2D eigenvalue weighted by molar-refractivity contribution is -0.137. The van der Waals surface area contributed by atoms with Gasteiger partial charge >= 0.3 is 6.18 Å². The molecule has 1 fully saturated rings. The number of hydrogen-bond acceptors (Lipinski definition) is 4. The number of alkyl halides is 3. The van der Waals surface area contributed by atoms with E-state index in [1.165, 1.54) is 42.6 Å². The van der Waals surface area contributed by atoms with E-state index in [4.69, 9.17) is 9.47 Å². The average Bonchev–Trinajstić information content (AvgIpc) is 3.27. The summed E-state index contributed by atoms with van der Waals surface area (Å²) in [6.45, 7) is 0.989. The molecule has 0 aliphatic carbocycles. The van der Waals surface area contributed by atoms with Crippen molar-refractivity contribution in [3.05, 3.63) is 77.7 Å². The number of aromatic nitrogens is 1. The Morgan fingerprint density at radius 1 is 1.12 bits per heavy atom. The minimum Gasteiger partial charge on any atom is -0.438 e. The molecular weight excluding hydrogens is 428 g/mol. The minimum atomic E-state index is -4.47. The summed E-state index contributed by atoms with van der Waals surface area (Å²) in [7, 11) is 0. The fourth-order valence-corrected chi connectivity index (χ4v) is 3.26. The summed E-state index contributed by atoms with van der Waals surface area (Å²) < 4.78 is 63.2. The monoisotopic (exact) mass is 446 g/mol. The number of nitrogens with zero attached hydrogens (tertiary/aromatic N) is 1. The molecule has 2 heterocycles. The third-order valence-electron chi connectivity index (χ3n) is 4.91. The number of hydrogen-bond donors (Lipinski definition) is 1. The molecule has 0 unspecified atom stereocenters. The Morgan fingerprint density at radius 2 is 1.91 bits per heavy atom. The largest absolute Gasteiger partial charge is 0.438 e. The summed E-state index contributed by atoms with van der Waals surface area (Å²) in [6, 6.07) is 11.1. The molecule has 9 heteroatoms. The normalized spacial score (nSPS) is 16.1. The number of carbonyl (C=O) groups is 1. The van der Waals surface area contributed by atoms with Crippen LogP contribution in [0.3, 0.4) is 0 Å². The fraction of sp³-hybridized carbons (Fsp3) is 0.217. The predicted octanol–water partition coefficient (Wildman–Crippen LogP) is 5.22. The van der Waals surface area contributed by atoms with Crippen LogP contribution in [0.4, 0.5) is 17.6 Å². The molecule has 166 valence electrons. The molecule has 1 amide bonds. The van der Waals surface area contributed by atoms with Crippen molar-refractivity contribution in [2.24, 2.45) is 0 Å². The molecule has 1 atom stereocenters. The number of nitrogens with one attached hydrogen (secondary N) is 1. The summed E-state index contributed by atoms with van der Waals surface area (Å²) >= 11 is 0. The zero-order valence-corrected chi connectivity index (χ0v) is 16.7. The Balaban J connectivity index is 1.65. The first-order chi connectivity index (χ1) is 15.3. The van der Waals surface area contributed by atoms with Gasteiger partial charge in [-0.1, -0.05) is 12.1 Å². The van der Waals surface area contributed by atoms with Crippen molar-refractivity contribution in [1.29, 1.82) is 0 Å². The van der Waals surface area contributed by atoms with E-state index in [1.807, 2.05) is 0 Å². The summed E-state index contributed by atoms with van der Waals surface area (Å²) in [4.78, 5) is 16.8. The molecule has 0 bridgehead atoms. The quantitative estimate of drug-likeness (QED) is 0.546. The van der Waals surface area contributed by atoms with Gasteiger partial charge in [-0.15, -0.1) is 0 Å². The Hall–Kier alpha value is -3.46. The molecule has 4 rings (SSSR count). The maximum absolute atomic E-state index is 13.8. The van der Waals surface area contributed by atoms with Gasteiger partial charge in [0.15, 0.2) is 0 Å². The van der Waals surface area contributed by atoms with Crippen LogP contribution in [-0.2, 0) is 10.9 Å². The first-order valence-corrected chi connectivity index (χ1v) is 9.79. The SMILES string of the molecule is O=C(N[C@@H]1CCOC1)c1cnc(Oc2ccc(C(F)(F)F)cc2)c(-c2cccc(F)c2)c1. The van der Waals surface area contributed by atoms with Crippen molar-refractivity contribution < 1.29 is 31.8 Å². The first-order valence-electron chi connectivity index (χ1n) is 9.79. The molecule has 5 nitrogen and oxygen atoms in total. The van der Waals surface area contributed by atoms with Gasteiger partial charge in [0, 0.05) is 18.4 Å². The lowest BCUT2D eigenvalue weighted by Crippen LogP contribution is -2.35. The van der Waals surface area contributed by atoms with E-state index < -0.39 is 17.6 Å². The van der Waals surface area contributed by atoms with Crippen LogP contribution in [0.15, 0.2) is 60.8 Å². The zero-order valence-electron chi connectivity index (χ0n) is 16.7. The number of ether oxygens (including phenoxy) is 2. The highest BCUT2D eigenvalue weighted by molar-refractivity contribution is 5.95. The molecule has 0 spiro atoms. The molecule has 1 saturated heterocycles. The number of rotatable bonds is 5. The summed E-state index contributed by atoms with van der Waals surface area (Å²) in [5.74, 6) is -0.729. The van der Waals surface area contributed by atoms with Crippen molar-refractivity contribution in [3.63, 3.8) is 0 Å². The van der Waals surface area contributed by atoms with Gasteiger partial charge in [0.1, 0.15) is 11.6 Å². The third-order valence-corrected chi connectivity index (χ3v) is 4.91.